The molecule has 1 fully saturated rings. The lowest BCUT2D eigenvalue weighted by atomic mass is 10.2. The molecule has 1 aliphatic rings. The second kappa shape index (κ2) is 9.88. The highest BCUT2D eigenvalue weighted by Gasteiger charge is 2.37. The largest absolute Gasteiger partial charge is 0.467 e. The summed E-state index contributed by atoms with van der Waals surface area (Å²) >= 11 is 1.32. The van der Waals surface area contributed by atoms with Crippen molar-refractivity contribution >= 4 is 34.9 Å². The summed E-state index contributed by atoms with van der Waals surface area (Å²) in [4.78, 5) is 29.6. The lowest BCUT2D eigenvalue weighted by Gasteiger charge is -2.14. The third-order valence-electron chi connectivity index (χ3n) is 4.13. The van der Waals surface area contributed by atoms with Crippen molar-refractivity contribution in [1.29, 1.82) is 0 Å². The van der Waals surface area contributed by atoms with E-state index in [2.05, 4.69) is 10.3 Å². The summed E-state index contributed by atoms with van der Waals surface area (Å²) in [6, 6.07) is 9.46. The molecule has 6 nitrogen and oxygen atoms in total. The first-order valence-electron chi connectivity index (χ1n) is 8.98. The van der Waals surface area contributed by atoms with Crippen LogP contribution in [0.15, 0.2) is 76.0 Å². The highest BCUT2D eigenvalue weighted by molar-refractivity contribution is 8.15. The van der Waals surface area contributed by atoms with E-state index in [4.69, 9.17) is 4.42 Å². The Morgan fingerprint density at radius 2 is 2.24 bits per heavy atom. The smallest absolute Gasteiger partial charge is 0.242 e. The van der Waals surface area contributed by atoms with Gasteiger partial charge in [0.2, 0.25) is 12.3 Å². The maximum Gasteiger partial charge on any atom is 0.242 e. The number of benzene rings is 1. The van der Waals surface area contributed by atoms with E-state index in [0.717, 1.165) is 0 Å². The van der Waals surface area contributed by atoms with Crippen molar-refractivity contribution in [1.82, 2.24) is 10.2 Å². The Bertz CT molecular complexity index is 954. The lowest BCUT2D eigenvalue weighted by Crippen LogP contribution is -2.31. The van der Waals surface area contributed by atoms with Gasteiger partial charge in [-0.05, 0) is 49.8 Å². The molecule has 1 N–H and O–H groups in total. The van der Waals surface area contributed by atoms with Gasteiger partial charge < -0.3 is 9.73 Å². The topological polar surface area (TPSA) is 74.9 Å². The lowest BCUT2D eigenvalue weighted by molar-refractivity contribution is -0.126. The van der Waals surface area contributed by atoms with E-state index in [1.807, 2.05) is 6.08 Å². The Hall–Kier alpha value is -3.13. The minimum atomic E-state index is -0.389. The first-order chi connectivity index (χ1) is 14.1. The number of halogens is 1. The number of amidine groups is 1. The number of aliphatic imine (C=N–C) groups is 1. The molecule has 8 heteroatoms. The maximum atomic E-state index is 13.5. The van der Waals surface area contributed by atoms with E-state index in [0.29, 0.717) is 35.1 Å². The van der Waals surface area contributed by atoms with E-state index in [1.165, 1.54) is 23.9 Å². The molecule has 2 heterocycles. The van der Waals surface area contributed by atoms with Crippen LogP contribution in [0.2, 0.25) is 0 Å². The number of hydrogen-bond donors (Lipinski definition) is 1. The van der Waals surface area contributed by atoms with Crippen molar-refractivity contribution in [2.45, 2.75) is 25.1 Å². The van der Waals surface area contributed by atoms with Gasteiger partial charge in [0, 0.05) is 5.70 Å². The van der Waals surface area contributed by atoms with E-state index < -0.39 is 0 Å². The minimum absolute atomic E-state index is 0.100. The van der Waals surface area contributed by atoms with Gasteiger partial charge in [0.1, 0.15) is 11.6 Å². The van der Waals surface area contributed by atoms with Gasteiger partial charge in [0.15, 0.2) is 5.17 Å². The molecular weight excluding hydrogens is 393 g/mol. The molecule has 0 bridgehead atoms. The van der Waals surface area contributed by atoms with E-state index in [-0.39, 0.29) is 23.5 Å². The van der Waals surface area contributed by atoms with Gasteiger partial charge in [-0.2, -0.15) is 0 Å². The molecule has 1 saturated heterocycles. The van der Waals surface area contributed by atoms with Gasteiger partial charge in [0.25, 0.3) is 0 Å². The summed E-state index contributed by atoms with van der Waals surface area (Å²) in [6.07, 6.45) is 7.94. The number of nitrogens with one attached hydrogen (secondary N) is 1. The van der Waals surface area contributed by atoms with Crippen LogP contribution in [0.4, 0.5) is 10.1 Å². The van der Waals surface area contributed by atoms with E-state index >= 15 is 0 Å². The predicted octanol–water partition coefficient (Wildman–Crippen LogP) is 4.15. The second-order valence-electron chi connectivity index (χ2n) is 6.13. The highest BCUT2D eigenvalue weighted by Crippen LogP contribution is 2.33. The van der Waals surface area contributed by atoms with Crippen LogP contribution >= 0.6 is 11.8 Å². The zero-order valence-corrected chi connectivity index (χ0v) is 16.6. The van der Waals surface area contributed by atoms with E-state index in [9.17, 15) is 14.0 Å². The molecule has 2 amide bonds. The van der Waals surface area contributed by atoms with Crippen molar-refractivity contribution in [3.63, 3.8) is 0 Å². The Kier molecular flexibility index (Phi) is 7.02. The number of allylic oxidation sites excluding steroid dienone is 3. The zero-order chi connectivity index (χ0) is 20.6. The molecule has 1 aromatic carbocycles. The van der Waals surface area contributed by atoms with Crippen LogP contribution in [0.3, 0.4) is 0 Å². The molecule has 0 aliphatic carbocycles. The fourth-order valence-corrected chi connectivity index (χ4v) is 3.85. The van der Waals surface area contributed by atoms with Crippen LogP contribution < -0.4 is 5.32 Å². The van der Waals surface area contributed by atoms with Crippen molar-refractivity contribution in [3.05, 3.63) is 78.2 Å². The molecule has 0 spiro atoms. The van der Waals surface area contributed by atoms with Gasteiger partial charge >= 0.3 is 0 Å². The number of rotatable bonds is 8. The Balaban J connectivity index is 1.80. The summed E-state index contributed by atoms with van der Waals surface area (Å²) in [5, 5.41) is 2.69. The third kappa shape index (κ3) is 5.45. The Labute approximate surface area is 172 Å². The average molecular weight is 413 g/mol. The third-order valence-corrected chi connectivity index (χ3v) is 5.33. The molecule has 1 aromatic heterocycles. The summed E-state index contributed by atoms with van der Waals surface area (Å²) in [7, 11) is 0. The fraction of sp³-hybridized carbons (Fsp3) is 0.190. The molecule has 1 unspecified atom stereocenters. The Morgan fingerprint density at radius 1 is 1.38 bits per heavy atom. The van der Waals surface area contributed by atoms with Gasteiger partial charge in [-0.3, -0.25) is 14.5 Å². The number of carbonyl (C=O) groups is 2. The van der Waals surface area contributed by atoms with Gasteiger partial charge in [0.05, 0.1) is 23.7 Å². The second-order valence-corrected chi connectivity index (χ2v) is 7.30. The number of furan rings is 1. The predicted molar refractivity (Wildman–Crippen MR) is 111 cm³/mol. The number of carbonyl (C=O) groups excluding carboxylic acids is 2. The molecule has 1 atom stereocenters. The standard InChI is InChI=1S/C21H20FN3O3S/c1-2-16(23-14-26)7-4-10-19-20(27)25(13-18-9-5-11-28-18)21(29-19)24-17-8-3-6-15(22)12-17/h2-9,11-12,14,19H,10,13H2,1H3,(H,23,26)/b7-4-,16-2+,24-21?. The molecule has 0 saturated carbocycles. The van der Waals surface area contributed by atoms with Gasteiger partial charge in [-0.25, -0.2) is 9.38 Å². The zero-order valence-electron chi connectivity index (χ0n) is 15.7. The molecule has 150 valence electrons. The first-order valence-corrected chi connectivity index (χ1v) is 9.86. The first kappa shape index (κ1) is 20.6. The van der Waals surface area contributed by atoms with Crippen molar-refractivity contribution in [2.24, 2.45) is 4.99 Å². The van der Waals surface area contributed by atoms with Gasteiger partial charge in [-0.1, -0.05) is 30.0 Å². The Morgan fingerprint density at radius 3 is 2.93 bits per heavy atom. The van der Waals surface area contributed by atoms with Crippen LogP contribution in [0.5, 0.6) is 0 Å². The summed E-state index contributed by atoms with van der Waals surface area (Å²) < 4.78 is 18.9. The van der Waals surface area contributed by atoms with Crippen molar-refractivity contribution < 1.29 is 18.4 Å². The highest BCUT2D eigenvalue weighted by atomic mass is 32.2. The van der Waals surface area contributed by atoms with Crippen LogP contribution in [0.1, 0.15) is 19.1 Å². The van der Waals surface area contributed by atoms with Crippen LogP contribution in [-0.2, 0) is 16.1 Å². The van der Waals surface area contributed by atoms with Crippen LogP contribution in [0.25, 0.3) is 0 Å². The number of nitrogens with zero attached hydrogens (tertiary/aromatic N) is 2. The summed E-state index contributed by atoms with van der Waals surface area (Å²) in [6.45, 7) is 2.06. The molecule has 1 aliphatic heterocycles. The SMILES string of the molecule is C/C=C(\C=C/CC1SC(=Nc2cccc(F)c2)N(Cc2ccco2)C1=O)NC=O. The molecule has 2 aromatic rings. The molecule has 0 radical (unpaired) electrons. The maximum absolute atomic E-state index is 13.5. The monoisotopic (exact) mass is 413 g/mol. The molecular formula is C21H20FN3O3S. The number of thioether (sulfide) groups is 1. The number of hydrogen-bond acceptors (Lipinski definition) is 5. The number of amides is 2. The minimum Gasteiger partial charge on any atom is -0.467 e. The van der Waals surface area contributed by atoms with E-state index in [1.54, 1.807) is 54.5 Å². The summed E-state index contributed by atoms with van der Waals surface area (Å²) in [5.41, 5.74) is 1.09. The summed E-state index contributed by atoms with van der Waals surface area (Å²) in [5.74, 6) is 0.143. The quantitative estimate of drug-likeness (QED) is 0.521. The normalized spacial score (nSPS) is 18.8. The molecule has 29 heavy (non-hydrogen) atoms. The van der Waals surface area contributed by atoms with Crippen LogP contribution in [0, 0.1) is 5.82 Å². The fourth-order valence-electron chi connectivity index (χ4n) is 2.72. The van der Waals surface area contributed by atoms with Crippen molar-refractivity contribution in [3.8, 4) is 0 Å². The van der Waals surface area contributed by atoms with Crippen LogP contribution in [-0.4, -0.2) is 27.6 Å². The van der Waals surface area contributed by atoms with Gasteiger partial charge in [-0.15, -0.1) is 0 Å². The van der Waals surface area contributed by atoms with Crippen molar-refractivity contribution in [2.75, 3.05) is 0 Å². The molecule has 3 rings (SSSR count). The average Bonchev–Trinajstić information content (AvgIpc) is 3.31.